The number of carbonyl (C=O) groups is 2. The molecule has 1 aliphatic rings. The fourth-order valence-electron chi connectivity index (χ4n) is 3.14. The molecule has 2 rings (SSSR count). The van der Waals surface area contributed by atoms with Crippen molar-refractivity contribution in [1.29, 1.82) is 0 Å². The van der Waals surface area contributed by atoms with Crippen LogP contribution >= 0.6 is 0 Å². The second-order valence-corrected chi connectivity index (χ2v) is 7.76. The summed E-state index contributed by atoms with van der Waals surface area (Å²) in [5, 5.41) is 3.03. The van der Waals surface area contributed by atoms with Crippen LogP contribution in [0.4, 0.5) is 0 Å². The predicted octanol–water partition coefficient (Wildman–Crippen LogP) is 2.40. The fourth-order valence-corrected chi connectivity index (χ4v) is 3.14. The van der Waals surface area contributed by atoms with Gasteiger partial charge in [0.1, 0.15) is 0 Å². The monoisotopic (exact) mass is 362 g/mol. The number of nitrogens with zero attached hydrogens (tertiary/aromatic N) is 1. The van der Waals surface area contributed by atoms with Gasteiger partial charge in [-0.15, -0.1) is 0 Å². The minimum atomic E-state index is -0.225. The lowest BCUT2D eigenvalue weighted by atomic mass is 9.94. The van der Waals surface area contributed by atoms with Gasteiger partial charge in [-0.2, -0.15) is 0 Å². The summed E-state index contributed by atoms with van der Waals surface area (Å²) in [5.74, 6) is 1.42. The molecule has 0 spiro atoms. The molecule has 0 aliphatic carbocycles. The van der Waals surface area contributed by atoms with Crippen LogP contribution < -0.4 is 14.8 Å². The van der Waals surface area contributed by atoms with E-state index in [1.807, 2.05) is 43.9 Å². The summed E-state index contributed by atoms with van der Waals surface area (Å²) in [7, 11) is 3.17. The van der Waals surface area contributed by atoms with E-state index >= 15 is 0 Å². The molecular formula is C20H30N2O4. The van der Waals surface area contributed by atoms with Gasteiger partial charge in [-0.1, -0.05) is 6.07 Å². The van der Waals surface area contributed by atoms with Crippen molar-refractivity contribution in [3.63, 3.8) is 0 Å². The number of hydrogen-bond donors (Lipinski definition) is 1. The third kappa shape index (κ3) is 5.38. The second kappa shape index (κ2) is 8.43. The van der Waals surface area contributed by atoms with Crippen molar-refractivity contribution in [2.24, 2.45) is 5.92 Å². The number of likely N-dealkylation sites (tertiary alicyclic amines) is 1. The maximum atomic E-state index is 12.6. The summed E-state index contributed by atoms with van der Waals surface area (Å²) in [4.78, 5) is 26.7. The van der Waals surface area contributed by atoms with E-state index in [1.54, 1.807) is 14.2 Å². The molecule has 1 aliphatic heterocycles. The molecule has 2 amide bonds. The summed E-state index contributed by atoms with van der Waals surface area (Å²) < 4.78 is 10.5. The van der Waals surface area contributed by atoms with Gasteiger partial charge in [0.15, 0.2) is 11.5 Å². The van der Waals surface area contributed by atoms with Gasteiger partial charge in [0.25, 0.3) is 0 Å². The molecule has 144 valence electrons. The first-order valence-corrected chi connectivity index (χ1v) is 9.04. The van der Waals surface area contributed by atoms with Crippen molar-refractivity contribution >= 4 is 11.8 Å². The zero-order valence-corrected chi connectivity index (χ0v) is 16.4. The smallest absolute Gasteiger partial charge is 0.226 e. The number of hydrogen-bond acceptors (Lipinski definition) is 4. The van der Waals surface area contributed by atoms with Crippen LogP contribution in [0.1, 0.15) is 39.2 Å². The number of amides is 2. The van der Waals surface area contributed by atoms with Crippen LogP contribution in [0, 0.1) is 5.92 Å². The molecule has 6 heteroatoms. The van der Waals surface area contributed by atoms with E-state index in [0.717, 1.165) is 5.56 Å². The van der Waals surface area contributed by atoms with Gasteiger partial charge in [0.2, 0.25) is 11.8 Å². The molecule has 1 N–H and O–H groups in total. The molecule has 0 unspecified atom stereocenters. The van der Waals surface area contributed by atoms with Crippen LogP contribution in [0.3, 0.4) is 0 Å². The molecule has 1 heterocycles. The zero-order chi connectivity index (χ0) is 19.3. The lowest BCUT2D eigenvalue weighted by Crippen LogP contribution is -2.48. The Kier molecular flexibility index (Phi) is 6.51. The SMILES string of the molecule is COc1ccc(CC(=O)N2CCC(C(=O)NC(C)(C)C)CC2)cc1OC. The molecule has 1 fully saturated rings. The molecule has 1 aromatic rings. The quantitative estimate of drug-likeness (QED) is 0.873. The van der Waals surface area contributed by atoms with Crippen molar-refractivity contribution in [1.82, 2.24) is 10.2 Å². The molecule has 0 aromatic heterocycles. The molecule has 0 radical (unpaired) electrons. The van der Waals surface area contributed by atoms with Crippen molar-refractivity contribution in [3.05, 3.63) is 23.8 Å². The van der Waals surface area contributed by atoms with Gasteiger partial charge in [-0.3, -0.25) is 9.59 Å². The molecular weight excluding hydrogens is 332 g/mol. The largest absolute Gasteiger partial charge is 0.493 e. The Bertz CT molecular complexity index is 644. The first-order chi connectivity index (χ1) is 12.2. The van der Waals surface area contributed by atoms with E-state index in [-0.39, 0.29) is 23.3 Å². The third-order valence-corrected chi connectivity index (χ3v) is 4.52. The van der Waals surface area contributed by atoms with Crippen molar-refractivity contribution in [2.45, 2.75) is 45.6 Å². The van der Waals surface area contributed by atoms with Gasteiger partial charge >= 0.3 is 0 Å². The Balaban J connectivity index is 1.89. The molecule has 0 bridgehead atoms. The number of ether oxygens (including phenoxy) is 2. The summed E-state index contributed by atoms with van der Waals surface area (Å²) in [6.07, 6.45) is 1.73. The van der Waals surface area contributed by atoms with Gasteiger partial charge in [-0.05, 0) is 51.3 Å². The average Bonchev–Trinajstić information content (AvgIpc) is 2.60. The standard InChI is InChI=1S/C20H30N2O4/c1-20(2,3)21-19(24)15-8-10-22(11-9-15)18(23)13-14-6-7-16(25-4)17(12-14)26-5/h6-7,12,15H,8-11,13H2,1-5H3,(H,21,24). The van der Waals surface area contributed by atoms with E-state index in [4.69, 9.17) is 9.47 Å². The Hall–Kier alpha value is -2.24. The summed E-state index contributed by atoms with van der Waals surface area (Å²) in [5.41, 5.74) is 0.664. The Morgan fingerprint density at radius 2 is 1.73 bits per heavy atom. The second-order valence-electron chi connectivity index (χ2n) is 7.76. The van der Waals surface area contributed by atoms with Gasteiger partial charge in [0.05, 0.1) is 20.6 Å². The Morgan fingerprint density at radius 3 is 2.27 bits per heavy atom. The molecule has 0 atom stereocenters. The summed E-state index contributed by atoms with van der Waals surface area (Å²) in [6, 6.07) is 5.52. The number of piperidine rings is 1. The van der Waals surface area contributed by atoms with Gasteiger partial charge < -0.3 is 19.7 Å². The van der Waals surface area contributed by atoms with Crippen LogP contribution in [0.2, 0.25) is 0 Å². The maximum absolute atomic E-state index is 12.6. The number of nitrogens with one attached hydrogen (secondary N) is 1. The van der Waals surface area contributed by atoms with Crippen molar-refractivity contribution in [2.75, 3.05) is 27.3 Å². The van der Waals surface area contributed by atoms with E-state index in [2.05, 4.69) is 5.32 Å². The normalized spacial score (nSPS) is 15.5. The van der Waals surface area contributed by atoms with Gasteiger partial charge in [-0.25, -0.2) is 0 Å². The van der Waals surface area contributed by atoms with Crippen LogP contribution in [0.15, 0.2) is 18.2 Å². The van der Waals surface area contributed by atoms with Crippen LogP contribution in [0.25, 0.3) is 0 Å². The highest BCUT2D eigenvalue weighted by molar-refractivity contribution is 5.81. The minimum absolute atomic E-state index is 0.0145. The highest BCUT2D eigenvalue weighted by atomic mass is 16.5. The predicted molar refractivity (Wildman–Crippen MR) is 100 cm³/mol. The molecule has 1 saturated heterocycles. The zero-order valence-electron chi connectivity index (χ0n) is 16.4. The Morgan fingerprint density at radius 1 is 1.12 bits per heavy atom. The fraction of sp³-hybridized carbons (Fsp3) is 0.600. The van der Waals surface area contributed by atoms with E-state index in [0.29, 0.717) is 43.9 Å². The first kappa shape index (κ1) is 20.1. The van der Waals surface area contributed by atoms with Crippen LogP contribution in [-0.4, -0.2) is 49.6 Å². The maximum Gasteiger partial charge on any atom is 0.226 e. The molecule has 1 aromatic carbocycles. The molecule has 26 heavy (non-hydrogen) atoms. The minimum Gasteiger partial charge on any atom is -0.493 e. The topological polar surface area (TPSA) is 67.9 Å². The number of benzene rings is 1. The lowest BCUT2D eigenvalue weighted by Gasteiger charge is -2.33. The first-order valence-electron chi connectivity index (χ1n) is 9.04. The third-order valence-electron chi connectivity index (χ3n) is 4.52. The number of rotatable bonds is 5. The van der Waals surface area contributed by atoms with Gasteiger partial charge in [0, 0.05) is 24.5 Å². The lowest BCUT2D eigenvalue weighted by molar-refractivity contribution is -0.135. The van der Waals surface area contributed by atoms with Crippen LogP contribution in [0.5, 0.6) is 11.5 Å². The van der Waals surface area contributed by atoms with E-state index in [9.17, 15) is 9.59 Å². The molecule has 0 saturated carbocycles. The van der Waals surface area contributed by atoms with Crippen LogP contribution in [-0.2, 0) is 16.0 Å². The summed E-state index contributed by atoms with van der Waals surface area (Å²) in [6.45, 7) is 7.18. The Labute approximate surface area is 155 Å². The number of methoxy groups -OCH3 is 2. The average molecular weight is 362 g/mol. The number of carbonyl (C=O) groups excluding carboxylic acids is 2. The highest BCUT2D eigenvalue weighted by Gasteiger charge is 2.29. The van der Waals surface area contributed by atoms with E-state index < -0.39 is 0 Å². The highest BCUT2D eigenvalue weighted by Crippen LogP contribution is 2.28. The molecule has 6 nitrogen and oxygen atoms in total. The summed E-state index contributed by atoms with van der Waals surface area (Å²) >= 11 is 0. The van der Waals surface area contributed by atoms with E-state index in [1.165, 1.54) is 0 Å². The van der Waals surface area contributed by atoms with Crippen molar-refractivity contribution < 1.29 is 19.1 Å². The van der Waals surface area contributed by atoms with Crippen molar-refractivity contribution in [3.8, 4) is 11.5 Å².